The Morgan fingerprint density at radius 1 is 0.968 bits per heavy atom. The highest BCUT2D eigenvalue weighted by atomic mass is 32.2. The van der Waals surface area contributed by atoms with Gasteiger partial charge in [-0.2, -0.15) is 4.31 Å². The second kappa shape index (κ2) is 8.86. The smallest absolute Gasteiger partial charge is 0.247 e. The maximum atomic E-state index is 13.3. The number of ether oxygens (including phenoxy) is 2. The van der Waals surface area contributed by atoms with E-state index in [0.717, 1.165) is 16.4 Å². The maximum Gasteiger partial charge on any atom is 0.247 e. The molecule has 0 bridgehead atoms. The summed E-state index contributed by atoms with van der Waals surface area (Å²) in [4.78, 5) is 7.03. The average molecular weight is 460 g/mol. The van der Waals surface area contributed by atoms with E-state index in [1.165, 1.54) is 30.2 Å². The van der Waals surface area contributed by atoms with Gasteiger partial charge in [0, 0.05) is 43.2 Å². The Balaban J connectivity index is 1.48. The SMILES string of the molecule is COc1ccc(OC)c(S(=O)(=O)N2CCN(c3nc(-c4ccc(C)cc4)cs3)CC2)c1. The van der Waals surface area contributed by atoms with Crippen molar-refractivity contribution in [2.75, 3.05) is 45.3 Å². The molecule has 0 N–H and O–H groups in total. The number of nitrogens with zero attached hydrogens (tertiary/aromatic N) is 3. The topological polar surface area (TPSA) is 72.0 Å². The molecule has 1 saturated heterocycles. The summed E-state index contributed by atoms with van der Waals surface area (Å²) in [5.74, 6) is 0.787. The molecule has 0 saturated carbocycles. The third kappa shape index (κ3) is 4.39. The standard InChI is InChI=1S/C22H25N3O4S2/c1-16-4-6-17(7-5-16)19-15-30-22(23-19)24-10-12-25(13-11-24)31(26,27)21-14-18(28-2)8-9-20(21)29-3/h4-9,14-15H,10-13H2,1-3H3. The zero-order valence-corrected chi connectivity index (χ0v) is 19.4. The van der Waals surface area contributed by atoms with Crippen molar-refractivity contribution in [2.24, 2.45) is 0 Å². The molecule has 0 amide bonds. The molecule has 0 radical (unpaired) electrons. The first-order valence-corrected chi connectivity index (χ1v) is 12.2. The lowest BCUT2D eigenvalue weighted by Gasteiger charge is -2.34. The summed E-state index contributed by atoms with van der Waals surface area (Å²) in [6.07, 6.45) is 0. The molecule has 3 aromatic rings. The molecule has 31 heavy (non-hydrogen) atoms. The summed E-state index contributed by atoms with van der Waals surface area (Å²) in [6.45, 7) is 3.97. The van der Waals surface area contributed by atoms with E-state index < -0.39 is 10.0 Å². The van der Waals surface area contributed by atoms with Crippen LogP contribution >= 0.6 is 11.3 Å². The zero-order chi connectivity index (χ0) is 22.0. The third-order valence-corrected chi connectivity index (χ3v) is 8.16. The first kappa shape index (κ1) is 21.6. The molecule has 9 heteroatoms. The fourth-order valence-corrected chi connectivity index (χ4v) is 5.99. The van der Waals surface area contributed by atoms with Crippen LogP contribution in [-0.4, -0.2) is 58.1 Å². The van der Waals surface area contributed by atoms with Crippen molar-refractivity contribution in [3.63, 3.8) is 0 Å². The fourth-order valence-electron chi connectivity index (χ4n) is 3.51. The van der Waals surface area contributed by atoms with Gasteiger partial charge in [-0.3, -0.25) is 0 Å². The minimum atomic E-state index is -3.70. The van der Waals surface area contributed by atoms with Gasteiger partial charge in [0.2, 0.25) is 10.0 Å². The van der Waals surface area contributed by atoms with Gasteiger partial charge in [-0.1, -0.05) is 29.8 Å². The molecule has 1 aliphatic heterocycles. The van der Waals surface area contributed by atoms with Gasteiger partial charge in [0.15, 0.2) is 5.13 Å². The number of aryl methyl sites for hydroxylation is 1. The van der Waals surface area contributed by atoms with Crippen molar-refractivity contribution >= 4 is 26.5 Å². The molecule has 4 rings (SSSR count). The number of sulfonamides is 1. The molecule has 1 fully saturated rings. The second-order valence-corrected chi connectivity index (χ2v) is 10.0. The molecule has 7 nitrogen and oxygen atoms in total. The largest absolute Gasteiger partial charge is 0.497 e. The van der Waals surface area contributed by atoms with Gasteiger partial charge in [0.1, 0.15) is 16.4 Å². The summed E-state index contributed by atoms with van der Waals surface area (Å²) in [6, 6.07) is 13.1. The highest BCUT2D eigenvalue weighted by Crippen LogP contribution is 2.32. The molecule has 0 spiro atoms. The molecule has 1 aromatic heterocycles. The minimum Gasteiger partial charge on any atom is -0.497 e. The monoisotopic (exact) mass is 459 g/mol. The van der Waals surface area contributed by atoms with Crippen LogP contribution in [0, 0.1) is 6.92 Å². The van der Waals surface area contributed by atoms with Crippen molar-refractivity contribution < 1.29 is 17.9 Å². The van der Waals surface area contributed by atoms with Crippen LogP contribution in [-0.2, 0) is 10.0 Å². The van der Waals surface area contributed by atoms with Crippen LogP contribution < -0.4 is 14.4 Å². The Labute approximate surface area is 186 Å². The molecule has 2 aromatic carbocycles. The molecule has 1 aliphatic rings. The van der Waals surface area contributed by atoms with E-state index in [1.807, 2.05) is 5.38 Å². The van der Waals surface area contributed by atoms with E-state index in [4.69, 9.17) is 14.5 Å². The van der Waals surface area contributed by atoms with Gasteiger partial charge >= 0.3 is 0 Å². The van der Waals surface area contributed by atoms with Crippen LogP contribution in [0.2, 0.25) is 0 Å². The lowest BCUT2D eigenvalue weighted by molar-refractivity contribution is 0.370. The van der Waals surface area contributed by atoms with E-state index in [1.54, 1.807) is 23.5 Å². The Kier molecular flexibility index (Phi) is 6.17. The number of piperazine rings is 1. The Bertz CT molecular complexity index is 1150. The number of thiazole rings is 1. The molecule has 164 valence electrons. The van der Waals surface area contributed by atoms with Crippen LogP contribution in [0.25, 0.3) is 11.3 Å². The van der Waals surface area contributed by atoms with Crippen LogP contribution in [0.15, 0.2) is 52.7 Å². The van der Waals surface area contributed by atoms with E-state index in [-0.39, 0.29) is 4.90 Å². The van der Waals surface area contributed by atoms with Gasteiger partial charge in [-0.25, -0.2) is 13.4 Å². The number of benzene rings is 2. The lowest BCUT2D eigenvalue weighted by Crippen LogP contribution is -2.48. The summed E-state index contributed by atoms with van der Waals surface area (Å²) in [7, 11) is -0.725. The van der Waals surface area contributed by atoms with Crippen LogP contribution in [0.4, 0.5) is 5.13 Å². The third-order valence-electron chi connectivity index (χ3n) is 5.34. The fraction of sp³-hybridized carbons (Fsp3) is 0.318. The molecule has 2 heterocycles. The quantitative estimate of drug-likeness (QED) is 0.560. The molecular formula is C22H25N3O4S2. The molecular weight excluding hydrogens is 434 g/mol. The van der Waals surface area contributed by atoms with Gasteiger partial charge in [-0.05, 0) is 19.1 Å². The summed E-state index contributed by atoms with van der Waals surface area (Å²) in [5.41, 5.74) is 3.24. The van der Waals surface area contributed by atoms with Crippen molar-refractivity contribution in [3.05, 3.63) is 53.4 Å². The zero-order valence-electron chi connectivity index (χ0n) is 17.7. The number of anilines is 1. The van der Waals surface area contributed by atoms with Gasteiger partial charge in [0.25, 0.3) is 0 Å². The molecule has 0 atom stereocenters. The number of methoxy groups -OCH3 is 2. The van der Waals surface area contributed by atoms with Crippen molar-refractivity contribution in [3.8, 4) is 22.8 Å². The molecule has 0 aliphatic carbocycles. The van der Waals surface area contributed by atoms with Gasteiger partial charge < -0.3 is 14.4 Å². The lowest BCUT2D eigenvalue weighted by atomic mass is 10.1. The van der Waals surface area contributed by atoms with Crippen molar-refractivity contribution in [2.45, 2.75) is 11.8 Å². The van der Waals surface area contributed by atoms with Crippen LogP contribution in [0.3, 0.4) is 0 Å². The van der Waals surface area contributed by atoms with Gasteiger partial charge in [-0.15, -0.1) is 11.3 Å². The summed E-state index contributed by atoms with van der Waals surface area (Å²) >= 11 is 1.58. The number of rotatable bonds is 6. The summed E-state index contributed by atoms with van der Waals surface area (Å²) in [5, 5.41) is 2.95. The molecule has 0 unspecified atom stereocenters. The highest BCUT2D eigenvalue weighted by Gasteiger charge is 2.32. The summed E-state index contributed by atoms with van der Waals surface area (Å²) < 4.78 is 38.5. The minimum absolute atomic E-state index is 0.124. The second-order valence-electron chi connectivity index (χ2n) is 7.29. The number of hydrogen-bond acceptors (Lipinski definition) is 7. The van der Waals surface area contributed by atoms with E-state index in [2.05, 4.69) is 36.1 Å². The van der Waals surface area contributed by atoms with Gasteiger partial charge in [0.05, 0.1) is 19.9 Å². The predicted molar refractivity (Wildman–Crippen MR) is 123 cm³/mol. The number of aromatic nitrogens is 1. The Morgan fingerprint density at radius 2 is 1.68 bits per heavy atom. The predicted octanol–water partition coefficient (Wildman–Crippen LogP) is 3.65. The normalized spacial score (nSPS) is 15.1. The Hall–Kier alpha value is -2.62. The maximum absolute atomic E-state index is 13.3. The average Bonchev–Trinajstić information content (AvgIpc) is 3.29. The van der Waals surface area contributed by atoms with Crippen molar-refractivity contribution in [1.29, 1.82) is 0 Å². The van der Waals surface area contributed by atoms with Crippen molar-refractivity contribution in [1.82, 2.24) is 9.29 Å². The van der Waals surface area contributed by atoms with Crippen LogP contribution in [0.5, 0.6) is 11.5 Å². The van der Waals surface area contributed by atoms with E-state index >= 15 is 0 Å². The Morgan fingerprint density at radius 3 is 2.32 bits per heavy atom. The van der Waals surface area contributed by atoms with Crippen LogP contribution in [0.1, 0.15) is 5.56 Å². The van der Waals surface area contributed by atoms with E-state index in [9.17, 15) is 8.42 Å². The van der Waals surface area contributed by atoms with E-state index in [0.29, 0.717) is 37.7 Å². The number of hydrogen-bond donors (Lipinski definition) is 0. The first-order valence-electron chi connectivity index (χ1n) is 9.92. The first-order chi connectivity index (χ1) is 14.9. The highest BCUT2D eigenvalue weighted by molar-refractivity contribution is 7.89.